The lowest BCUT2D eigenvalue weighted by Crippen LogP contribution is -2.53. The summed E-state index contributed by atoms with van der Waals surface area (Å²) in [6.45, 7) is 12.6. The third-order valence-electron chi connectivity index (χ3n) is 5.38. The highest BCUT2D eigenvalue weighted by Crippen LogP contribution is 2.18. The predicted octanol–water partition coefficient (Wildman–Crippen LogP) is 1.26. The Balaban J connectivity index is 1.32. The average Bonchev–Trinajstić information content (AvgIpc) is 2.68. The van der Waals surface area contributed by atoms with Gasteiger partial charge in [-0.15, -0.1) is 0 Å². The maximum Gasteiger partial charge on any atom is 0.180 e. The first-order valence-electron chi connectivity index (χ1n) is 9.60. The number of hydrogen-bond donors (Lipinski definition) is 0. The second-order valence-corrected chi connectivity index (χ2v) is 7.44. The van der Waals surface area contributed by atoms with E-state index in [1.165, 1.54) is 0 Å². The lowest BCUT2D eigenvalue weighted by atomic mass is 10.2. The van der Waals surface area contributed by atoms with Gasteiger partial charge >= 0.3 is 0 Å². The number of fused-ring (bicyclic) bond motifs is 1. The smallest absolute Gasteiger partial charge is 0.180 e. The molecule has 0 bridgehead atoms. The first-order valence-corrected chi connectivity index (χ1v) is 9.60. The third kappa shape index (κ3) is 3.95. The molecule has 4 heterocycles. The zero-order chi connectivity index (χ0) is 17.9. The van der Waals surface area contributed by atoms with Crippen LogP contribution in [0.15, 0.2) is 24.5 Å². The van der Waals surface area contributed by atoms with Gasteiger partial charge in [0.1, 0.15) is 11.3 Å². The van der Waals surface area contributed by atoms with Crippen molar-refractivity contribution in [3.8, 4) is 0 Å². The van der Waals surface area contributed by atoms with E-state index >= 15 is 0 Å². The van der Waals surface area contributed by atoms with Crippen molar-refractivity contribution in [2.24, 2.45) is 0 Å². The summed E-state index contributed by atoms with van der Waals surface area (Å²) in [5.74, 6) is 0.998. The van der Waals surface area contributed by atoms with E-state index in [9.17, 15) is 0 Å². The minimum Gasteiger partial charge on any atom is -0.374 e. The molecule has 4 rings (SSSR count). The SMILES string of the molecule is CC(C)N1CCOC(CN2CCN(c3ccc4nccnc4n3)CC2)C1. The Morgan fingerprint density at radius 3 is 2.69 bits per heavy atom. The highest BCUT2D eigenvalue weighted by atomic mass is 16.5. The molecule has 2 aromatic rings. The molecule has 2 saturated heterocycles. The van der Waals surface area contributed by atoms with Crippen LogP contribution in [0.1, 0.15) is 13.8 Å². The molecule has 2 aliphatic rings. The Morgan fingerprint density at radius 2 is 1.88 bits per heavy atom. The summed E-state index contributed by atoms with van der Waals surface area (Å²) in [5, 5.41) is 0. The topological polar surface area (TPSA) is 57.6 Å². The lowest BCUT2D eigenvalue weighted by Gasteiger charge is -2.40. The molecule has 26 heavy (non-hydrogen) atoms. The van der Waals surface area contributed by atoms with Gasteiger partial charge in [-0.1, -0.05) is 0 Å². The molecule has 140 valence electrons. The van der Waals surface area contributed by atoms with E-state index in [2.05, 4.69) is 49.6 Å². The molecule has 2 fully saturated rings. The van der Waals surface area contributed by atoms with Crippen molar-refractivity contribution in [2.75, 3.05) is 57.3 Å². The number of anilines is 1. The van der Waals surface area contributed by atoms with E-state index in [0.717, 1.165) is 69.4 Å². The molecule has 0 aromatic carbocycles. The van der Waals surface area contributed by atoms with Crippen molar-refractivity contribution < 1.29 is 4.74 Å². The number of rotatable bonds is 4. The average molecular weight is 356 g/mol. The van der Waals surface area contributed by atoms with Gasteiger partial charge in [0.25, 0.3) is 0 Å². The fraction of sp³-hybridized carbons (Fsp3) is 0.632. The second-order valence-electron chi connectivity index (χ2n) is 7.44. The summed E-state index contributed by atoms with van der Waals surface area (Å²) in [6.07, 6.45) is 3.73. The molecule has 0 N–H and O–H groups in total. The van der Waals surface area contributed by atoms with E-state index < -0.39 is 0 Å². The molecule has 7 heteroatoms. The summed E-state index contributed by atoms with van der Waals surface area (Å²) in [6, 6.07) is 4.66. The number of pyridine rings is 1. The molecular formula is C19H28N6O. The Labute approximate surface area is 155 Å². The van der Waals surface area contributed by atoms with E-state index in [4.69, 9.17) is 4.74 Å². The molecule has 0 aliphatic carbocycles. The molecule has 0 amide bonds. The van der Waals surface area contributed by atoms with Crippen LogP contribution in [0.25, 0.3) is 11.2 Å². The van der Waals surface area contributed by atoms with Crippen molar-refractivity contribution in [2.45, 2.75) is 26.0 Å². The zero-order valence-electron chi connectivity index (χ0n) is 15.7. The first-order chi connectivity index (χ1) is 12.7. The first kappa shape index (κ1) is 17.6. The molecule has 7 nitrogen and oxygen atoms in total. The van der Waals surface area contributed by atoms with Gasteiger partial charge in [0, 0.05) is 64.2 Å². The van der Waals surface area contributed by atoms with Gasteiger partial charge < -0.3 is 9.64 Å². The van der Waals surface area contributed by atoms with Crippen molar-refractivity contribution >= 4 is 17.0 Å². The van der Waals surface area contributed by atoms with Crippen LogP contribution in [0, 0.1) is 0 Å². The minimum absolute atomic E-state index is 0.326. The van der Waals surface area contributed by atoms with Crippen LogP contribution in [0.4, 0.5) is 5.82 Å². The van der Waals surface area contributed by atoms with Gasteiger partial charge in [-0.05, 0) is 26.0 Å². The molecule has 0 spiro atoms. The van der Waals surface area contributed by atoms with Crippen molar-refractivity contribution in [3.63, 3.8) is 0 Å². The summed E-state index contributed by atoms with van der Waals surface area (Å²) in [5.41, 5.74) is 1.57. The number of hydrogen-bond acceptors (Lipinski definition) is 7. The maximum atomic E-state index is 6.00. The number of nitrogens with zero attached hydrogens (tertiary/aromatic N) is 6. The van der Waals surface area contributed by atoms with E-state index in [1.807, 2.05) is 6.07 Å². The fourth-order valence-corrected chi connectivity index (χ4v) is 3.79. The Hall–Kier alpha value is -1.83. The maximum absolute atomic E-state index is 6.00. The molecule has 2 aromatic heterocycles. The van der Waals surface area contributed by atoms with Crippen LogP contribution in [0.3, 0.4) is 0 Å². The summed E-state index contributed by atoms with van der Waals surface area (Å²) in [4.78, 5) is 20.7. The van der Waals surface area contributed by atoms with Gasteiger partial charge in [-0.25, -0.2) is 9.97 Å². The number of morpholine rings is 1. The highest BCUT2D eigenvalue weighted by Gasteiger charge is 2.26. The number of ether oxygens (including phenoxy) is 1. The highest BCUT2D eigenvalue weighted by molar-refractivity contribution is 5.71. The van der Waals surface area contributed by atoms with E-state index in [-0.39, 0.29) is 0 Å². The molecular weight excluding hydrogens is 328 g/mol. The van der Waals surface area contributed by atoms with E-state index in [0.29, 0.717) is 12.1 Å². The fourth-order valence-electron chi connectivity index (χ4n) is 3.79. The van der Waals surface area contributed by atoms with Gasteiger partial charge in [0.15, 0.2) is 5.65 Å². The molecule has 1 atom stereocenters. The Bertz CT molecular complexity index is 731. The van der Waals surface area contributed by atoms with Crippen LogP contribution in [0.2, 0.25) is 0 Å². The van der Waals surface area contributed by atoms with Gasteiger partial charge in [-0.3, -0.25) is 14.8 Å². The monoisotopic (exact) mass is 356 g/mol. The Morgan fingerprint density at radius 1 is 1.08 bits per heavy atom. The quantitative estimate of drug-likeness (QED) is 0.817. The van der Waals surface area contributed by atoms with Crippen LogP contribution in [-0.2, 0) is 4.74 Å². The van der Waals surface area contributed by atoms with Crippen LogP contribution >= 0.6 is 0 Å². The molecule has 1 unspecified atom stereocenters. The Kier molecular flexibility index (Phi) is 5.28. The van der Waals surface area contributed by atoms with Crippen molar-refractivity contribution in [1.82, 2.24) is 24.8 Å². The lowest BCUT2D eigenvalue weighted by molar-refractivity contribution is -0.0525. The number of aromatic nitrogens is 3. The molecule has 2 aliphatic heterocycles. The molecule has 0 saturated carbocycles. The van der Waals surface area contributed by atoms with E-state index in [1.54, 1.807) is 12.4 Å². The summed E-state index contributed by atoms with van der Waals surface area (Å²) < 4.78 is 6.00. The molecule has 0 radical (unpaired) electrons. The van der Waals surface area contributed by atoms with Crippen molar-refractivity contribution in [3.05, 3.63) is 24.5 Å². The summed E-state index contributed by atoms with van der Waals surface area (Å²) in [7, 11) is 0. The van der Waals surface area contributed by atoms with Gasteiger partial charge in [0.05, 0.1) is 12.7 Å². The van der Waals surface area contributed by atoms with Gasteiger partial charge in [0.2, 0.25) is 0 Å². The second kappa shape index (κ2) is 7.82. The normalized spacial score (nSPS) is 23.0. The van der Waals surface area contributed by atoms with Crippen LogP contribution in [0.5, 0.6) is 0 Å². The largest absolute Gasteiger partial charge is 0.374 e. The number of piperazine rings is 1. The standard InChI is InChI=1S/C19H28N6O/c1-15(2)25-11-12-26-16(14-25)13-23-7-9-24(10-8-23)18-4-3-17-19(22-18)21-6-5-20-17/h3-6,15-16H,7-14H2,1-2H3. The van der Waals surface area contributed by atoms with Crippen LogP contribution in [-0.4, -0.2) is 89.3 Å². The third-order valence-corrected chi connectivity index (χ3v) is 5.38. The van der Waals surface area contributed by atoms with Crippen LogP contribution < -0.4 is 4.90 Å². The summed E-state index contributed by atoms with van der Waals surface area (Å²) >= 11 is 0. The predicted molar refractivity (Wildman–Crippen MR) is 102 cm³/mol. The minimum atomic E-state index is 0.326. The van der Waals surface area contributed by atoms with Gasteiger partial charge in [-0.2, -0.15) is 0 Å². The van der Waals surface area contributed by atoms with Crippen molar-refractivity contribution in [1.29, 1.82) is 0 Å². The zero-order valence-corrected chi connectivity index (χ0v) is 15.7.